The molecule has 0 aliphatic heterocycles. The number of hydrogen-bond acceptors (Lipinski definition) is 9. The fourth-order valence-electron chi connectivity index (χ4n) is 2.24. The van der Waals surface area contributed by atoms with Gasteiger partial charge in [-0.05, 0) is 0 Å². The summed E-state index contributed by atoms with van der Waals surface area (Å²) in [6.07, 6.45) is 3.05. The van der Waals surface area contributed by atoms with Crippen molar-refractivity contribution in [1.82, 2.24) is 0 Å². The normalized spacial score (nSPS) is 10.5. The maximum absolute atomic E-state index is 10.1. The van der Waals surface area contributed by atoms with Crippen LogP contribution in [0, 0.1) is 0 Å². The quantitative estimate of drug-likeness (QED) is 0.233. The zero-order valence-electron chi connectivity index (χ0n) is 15.8. The molecule has 0 atom stereocenters. The molecular weight excluding hydrogens is 478 g/mol. The summed E-state index contributed by atoms with van der Waals surface area (Å²) in [5.74, 6) is -0.342. The maximum atomic E-state index is 10.1. The molecule has 3 rings (SSSR count). The number of aliphatic hydroxyl groups excluding tert-OH is 3. The Morgan fingerprint density at radius 2 is 0.903 bits per heavy atom. The summed E-state index contributed by atoms with van der Waals surface area (Å²) in [4.78, 5) is 30.2. The van der Waals surface area contributed by atoms with Crippen molar-refractivity contribution in [1.29, 1.82) is 0 Å². The van der Waals surface area contributed by atoms with Crippen LogP contribution >= 0.6 is 0 Å². The van der Waals surface area contributed by atoms with Crippen molar-refractivity contribution >= 4 is 17.3 Å². The Morgan fingerprint density at radius 1 is 0.613 bits per heavy atom. The third-order valence-corrected chi connectivity index (χ3v) is 6.55. The van der Waals surface area contributed by atoms with E-state index in [1.807, 2.05) is 0 Å². The Hall–Kier alpha value is -3.23. The molecule has 12 nitrogen and oxygen atoms in total. The monoisotopic (exact) mass is 495 g/mol. The van der Waals surface area contributed by atoms with Crippen molar-refractivity contribution < 1.29 is 53.5 Å². The van der Waals surface area contributed by atoms with Crippen LogP contribution in [-0.2, 0) is 19.8 Å². The summed E-state index contributed by atoms with van der Waals surface area (Å²) >= 11 is -4.00. The van der Waals surface area contributed by atoms with Crippen LogP contribution in [0.25, 0.3) is 0 Å². The zero-order valence-corrected chi connectivity index (χ0v) is 18.2. The Morgan fingerprint density at radius 3 is 1.13 bits per heavy atom. The van der Waals surface area contributed by atoms with Gasteiger partial charge in [0.2, 0.25) is 0 Å². The van der Waals surface area contributed by atoms with E-state index in [0.717, 1.165) is 37.0 Å². The van der Waals surface area contributed by atoms with E-state index >= 15 is 0 Å². The Labute approximate surface area is 178 Å². The second-order valence-electron chi connectivity index (χ2n) is 5.90. The van der Waals surface area contributed by atoms with E-state index in [-0.39, 0.29) is 50.8 Å². The van der Waals surface area contributed by atoms with Crippen LogP contribution < -0.4 is 26.9 Å². The molecule has 0 radical (unpaired) electrons. The van der Waals surface area contributed by atoms with Gasteiger partial charge in [-0.25, -0.2) is 0 Å². The SMILES string of the molecule is OCc1cc(=[OH+])c([O][Ga]([O]c2coc(CO)cc2=[OH+])[O]c2coc(CO)cc2=[OH+])co1. The number of rotatable bonds is 9. The van der Waals surface area contributed by atoms with Crippen molar-refractivity contribution in [3.8, 4) is 17.2 Å². The third-order valence-electron chi connectivity index (χ3n) is 3.74. The van der Waals surface area contributed by atoms with Crippen molar-refractivity contribution in [2.75, 3.05) is 0 Å². The van der Waals surface area contributed by atoms with Gasteiger partial charge < -0.3 is 0 Å². The van der Waals surface area contributed by atoms with E-state index < -0.39 is 37.1 Å². The summed E-state index contributed by atoms with van der Waals surface area (Å²) in [5, 5.41) is 27.2. The molecule has 0 aliphatic carbocycles. The molecule has 162 valence electrons. The van der Waals surface area contributed by atoms with Crippen LogP contribution in [0.15, 0.2) is 50.2 Å². The van der Waals surface area contributed by atoms with E-state index in [0.29, 0.717) is 0 Å². The number of hydrogen-bond donors (Lipinski definition) is 3. The summed E-state index contributed by atoms with van der Waals surface area (Å²) in [6.45, 7) is -1.36. The predicted molar refractivity (Wildman–Crippen MR) is 96.7 cm³/mol. The molecule has 3 heterocycles. The van der Waals surface area contributed by atoms with Crippen molar-refractivity contribution in [3.05, 3.63) is 70.6 Å². The van der Waals surface area contributed by atoms with Gasteiger partial charge in [-0.1, -0.05) is 0 Å². The molecule has 0 spiro atoms. The summed E-state index contributed by atoms with van der Waals surface area (Å²) < 4.78 is 32.0. The second-order valence-corrected chi connectivity index (χ2v) is 8.60. The predicted octanol–water partition coefficient (Wildman–Crippen LogP) is -1.52. The molecule has 3 aromatic rings. The van der Waals surface area contributed by atoms with E-state index in [4.69, 9.17) is 39.2 Å². The molecule has 0 saturated carbocycles. The molecule has 6 N–H and O–H groups in total. The van der Waals surface area contributed by atoms with Gasteiger partial charge in [0.1, 0.15) is 0 Å². The van der Waals surface area contributed by atoms with Crippen LogP contribution in [0.1, 0.15) is 17.3 Å². The molecule has 0 amide bonds. The number of aliphatic hydroxyl groups is 3. The molecule has 0 aromatic carbocycles. The average Bonchev–Trinajstić information content (AvgIpc) is 2.77. The molecule has 0 fully saturated rings. The van der Waals surface area contributed by atoms with E-state index in [1.165, 1.54) is 0 Å². The molecule has 3 aromatic heterocycles. The topological polar surface area (TPSA) is 192 Å². The van der Waals surface area contributed by atoms with Crippen LogP contribution in [-0.4, -0.2) is 47.0 Å². The summed E-state index contributed by atoms with van der Waals surface area (Å²) in [6, 6.07) is 3.38. The minimum absolute atomic E-state index is 0.0720. The van der Waals surface area contributed by atoms with Crippen LogP contribution in [0.3, 0.4) is 0 Å². The fraction of sp³-hybridized carbons (Fsp3) is 0.167. The first-order valence-corrected chi connectivity index (χ1v) is 11.6. The second kappa shape index (κ2) is 10.2. The van der Waals surface area contributed by atoms with Gasteiger partial charge in [0, 0.05) is 0 Å². The average molecular weight is 496 g/mol. The van der Waals surface area contributed by atoms with Crippen LogP contribution in [0.2, 0.25) is 0 Å². The van der Waals surface area contributed by atoms with Gasteiger partial charge in [0.25, 0.3) is 0 Å². The van der Waals surface area contributed by atoms with Crippen LogP contribution in [0.4, 0.5) is 0 Å². The zero-order chi connectivity index (χ0) is 22.4. The third kappa shape index (κ3) is 5.68. The van der Waals surface area contributed by atoms with Crippen LogP contribution in [0.5, 0.6) is 17.2 Å². The van der Waals surface area contributed by atoms with Gasteiger partial charge >= 0.3 is 178 Å². The summed E-state index contributed by atoms with van der Waals surface area (Å²) in [5.41, 5.74) is -1.15. The van der Waals surface area contributed by atoms with Gasteiger partial charge in [-0.2, -0.15) is 0 Å². The first-order chi connectivity index (χ1) is 14.9. The molecule has 13 heteroatoms. The van der Waals surface area contributed by atoms with Gasteiger partial charge in [0.05, 0.1) is 0 Å². The van der Waals surface area contributed by atoms with E-state index in [9.17, 15) is 14.4 Å². The molecule has 31 heavy (non-hydrogen) atoms. The first-order valence-electron chi connectivity index (χ1n) is 8.67. The Bertz CT molecular complexity index is 1060. The van der Waals surface area contributed by atoms with Crippen molar-refractivity contribution in [3.63, 3.8) is 0 Å². The summed E-state index contributed by atoms with van der Waals surface area (Å²) in [7, 11) is 0. The van der Waals surface area contributed by atoms with Gasteiger partial charge in [-0.15, -0.1) is 0 Å². The van der Waals surface area contributed by atoms with Gasteiger partial charge in [-0.3, -0.25) is 0 Å². The fourth-order valence-corrected chi connectivity index (χ4v) is 4.96. The Balaban J connectivity index is 1.92. The standard InChI is InChI=1S/3C6H6O4.Ga/c3*7-2-4-1-5(8)6(9)3-10-4;/h3*1,3,7,9H,2H2;/q;;;+3. The van der Waals surface area contributed by atoms with Crippen molar-refractivity contribution in [2.24, 2.45) is 0 Å². The van der Waals surface area contributed by atoms with E-state index in [2.05, 4.69) is 0 Å². The van der Waals surface area contributed by atoms with Gasteiger partial charge in [0.15, 0.2) is 0 Å². The molecule has 0 bridgehead atoms. The Kier molecular flexibility index (Phi) is 7.38. The molecular formula is C18H18GaO12+3. The van der Waals surface area contributed by atoms with E-state index in [1.54, 1.807) is 0 Å². The molecule has 0 unspecified atom stereocenters. The van der Waals surface area contributed by atoms with Crippen molar-refractivity contribution in [2.45, 2.75) is 19.8 Å². The first kappa shape index (κ1) is 22.5. The molecule has 0 saturated heterocycles. The molecule has 0 aliphatic rings. The minimum atomic E-state index is -4.00.